The van der Waals surface area contributed by atoms with Crippen LogP contribution >= 0.6 is 0 Å². The van der Waals surface area contributed by atoms with Crippen LogP contribution in [-0.2, 0) is 10.8 Å². The number of hydrogen-bond donors (Lipinski definition) is 0. The first-order valence-corrected chi connectivity index (χ1v) is 15.8. The van der Waals surface area contributed by atoms with Crippen molar-refractivity contribution in [2.75, 3.05) is 0 Å². The zero-order chi connectivity index (χ0) is 30.2. The fourth-order valence-electron chi connectivity index (χ4n) is 8.15. The minimum Gasteiger partial charge on any atom is -0.456 e. The van der Waals surface area contributed by atoms with E-state index in [0.29, 0.717) is 0 Å². The van der Waals surface area contributed by atoms with E-state index in [1.807, 2.05) is 0 Å². The lowest BCUT2D eigenvalue weighted by Crippen LogP contribution is -2.29. The predicted octanol–water partition coefficient (Wildman–Crippen LogP) is 11.3. The quantitative estimate of drug-likeness (QED) is 0.203. The van der Waals surface area contributed by atoms with Gasteiger partial charge in [0.25, 0.3) is 0 Å². The Labute approximate surface area is 264 Å². The summed E-state index contributed by atoms with van der Waals surface area (Å²) < 4.78 is 6.74. The lowest BCUT2D eigenvalue weighted by Gasteiger charge is -2.36. The number of hydrogen-bond acceptors (Lipinski definition) is 1. The van der Waals surface area contributed by atoms with Gasteiger partial charge in [-0.1, -0.05) is 159 Å². The number of fused-ring (bicyclic) bond motifs is 7. The molecule has 0 radical (unpaired) electrons. The van der Waals surface area contributed by atoms with E-state index in [0.717, 1.165) is 22.6 Å². The van der Waals surface area contributed by atoms with Crippen molar-refractivity contribution in [3.63, 3.8) is 0 Å². The summed E-state index contributed by atoms with van der Waals surface area (Å²) in [5, 5.41) is 2.55. The van der Waals surface area contributed by atoms with Gasteiger partial charge in [0.15, 0.2) is 0 Å². The van der Waals surface area contributed by atoms with E-state index < -0.39 is 5.41 Å². The molecule has 9 rings (SSSR count). The molecule has 1 heterocycles. The molecule has 0 saturated heterocycles. The Balaban J connectivity index is 1.35. The van der Waals surface area contributed by atoms with Crippen LogP contribution in [0.15, 0.2) is 158 Å². The molecule has 1 nitrogen and oxygen atoms in total. The molecule has 45 heavy (non-hydrogen) atoms. The second-order valence-electron chi connectivity index (χ2n) is 12.9. The minimum atomic E-state index is -0.494. The second kappa shape index (κ2) is 9.55. The first-order valence-electron chi connectivity index (χ1n) is 15.8. The van der Waals surface area contributed by atoms with Crippen molar-refractivity contribution < 1.29 is 4.74 Å². The summed E-state index contributed by atoms with van der Waals surface area (Å²) in [6.07, 6.45) is 0. The SMILES string of the molecule is CC1(C)c2ccccc2Oc2c(-c3cccc(C4(c5ccccc5)c5ccccc5-c5ccc6ccccc6c54)c3)cccc21. The van der Waals surface area contributed by atoms with Crippen molar-refractivity contribution in [1.29, 1.82) is 0 Å². The maximum Gasteiger partial charge on any atom is 0.139 e. The Morgan fingerprint density at radius 3 is 2.02 bits per heavy atom. The standard InChI is InChI=1S/C44H32O/c1-43(2)38-23-10-11-25-40(38)45-42-34(21-13-24-39(42)43)30-15-12-18-32(28-30)44(31-16-4-3-5-17-31)37-22-9-8-20-35(37)36-27-26-29-14-6-7-19-33(29)41(36)44/h3-28H,1-2H3. The molecule has 1 unspecified atom stereocenters. The highest BCUT2D eigenvalue weighted by Crippen LogP contribution is 2.59. The van der Waals surface area contributed by atoms with E-state index in [4.69, 9.17) is 4.74 Å². The topological polar surface area (TPSA) is 9.23 Å². The van der Waals surface area contributed by atoms with Crippen LogP contribution in [0, 0.1) is 0 Å². The number of para-hydroxylation sites is 2. The van der Waals surface area contributed by atoms with Crippen LogP contribution in [0.3, 0.4) is 0 Å². The average molecular weight is 577 g/mol. The van der Waals surface area contributed by atoms with Crippen LogP contribution in [-0.4, -0.2) is 0 Å². The summed E-state index contributed by atoms with van der Waals surface area (Å²) >= 11 is 0. The molecular weight excluding hydrogens is 544 g/mol. The minimum absolute atomic E-state index is 0.175. The third kappa shape index (κ3) is 3.56. The summed E-state index contributed by atoms with van der Waals surface area (Å²) in [7, 11) is 0. The molecule has 7 aromatic rings. The van der Waals surface area contributed by atoms with Gasteiger partial charge >= 0.3 is 0 Å². The smallest absolute Gasteiger partial charge is 0.139 e. The van der Waals surface area contributed by atoms with Gasteiger partial charge in [0, 0.05) is 22.1 Å². The molecular formula is C44H32O. The van der Waals surface area contributed by atoms with Gasteiger partial charge in [-0.2, -0.15) is 0 Å². The van der Waals surface area contributed by atoms with E-state index in [9.17, 15) is 0 Å². The largest absolute Gasteiger partial charge is 0.456 e. The maximum absolute atomic E-state index is 6.74. The second-order valence-corrected chi connectivity index (χ2v) is 12.9. The van der Waals surface area contributed by atoms with Crippen LogP contribution in [0.25, 0.3) is 33.0 Å². The summed E-state index contributed by atoms with van der Waals surface area (Å²) in [6, 6.07) is 57.7. The van der Waals surface area contributed by atoms with Crippen LogP contribution < -0.4 is 4.74 Å². The normalized spacial score (nSPS) is 17.1. The van der Waals surface area contributed by atoms with Crippen LogP contribution in [0.5, 0.6) is 11.5 Å². The zero-order valence-corrected chi connectivity index (χ0v) is 25.4. The molecule has 0 N–H and O–H groups in total. The molecule has 1 aliphatic heterocycles. The van der Waals surface area contributed by atoms with Gasteiger partial charge in [0.2, 0.25) is 0 Å². The van der Waals surface area contributed by atoms with Crippen LogP contribution in [0.2, 0.25) is 0 Å². The molecule has 1 atom stereocenters. The van der Waals surface area contributed by atoms with Gasteiger partial charge in [-0.25, -0.2) is 0 Å². The highest BCUT2D eigenvalue weighted by Gasteiger charge is 2.47. The van der Waals surface area contributed by atoms with Crippen molar-refractivity contribution >= 4 is 10.8 Å². The summed E-state index contributed by atoms with van der Waals surface area (Å²) in [5.41, 5.74) is 11.8. The molecule has 0 bridgehead atoms. The third-order valence-electron chi connectivity index (χ3n) is 10.2. The number of rotatable bonds is 3. The Morgan fingerprint density at radius 2 is 1.13 bits per heavy atom. The summed E-state index contributed by atoms with van der Waals surface area (Å²) in [5.74, 6) is 1.88. The molecule has 7 aromatic carbocycles. The Kier molecular flexibility index (Phi) is 5.53. The van der Waals surface area contributed by atoms with Gasteiger partial charge in [0.1, 0.15) is 11.5 Å². The number of benzene rings is 7. The van der Waals surface area contributed by atoms with Crippen molar-refractivity contribution in [2.45, 2.75) is 24.7 Å². The third-order valence-corrected chi connectivity index (χ3v) is 10.2. The fourth-order valence-corrected chi connectivity index (χ4v) is 8.15. The van der Waals surface area contributed by atoms with Gasteiger partial charge in [-0.05, 0) is 61.8 Å². The van der Waals surface area contributed by atoms with Crippen molar-refractivity contribution in [1.82, 2.24) is 0 Å². The Bertz CT molecular complexity index is 2280. The van der Waals surface area contributed by atoms with Crippen molar-refractivity contribution in [3.8, 4) is 33.8 Å². The van der Waals surface area contributed by atoms with E-state index >= 15 is 0 Å². The molecule has 1 aliphatic carbocycles. The average Bonchev–Trinajstić information content (AvgIpc) is 3.40. The molecule has 0 spiro atoms. The molecule has 0 amide bonds. The van der Waals surface area contributed by atoms with Gasteiger partial charge in [0.05, 0.1) is 5.41 Å². The van der Waals surface area contributed by atoms with Crippen LogP contribution in [0.1, 0.15) is 47.2 Å². The van der Waals surface area contributed by atoms with E-state index in [1.165, 1.54) is 55.3 Å². The highest BCUT2D eigenvalue weighted by molar-refractivity contribution is 6.00. The molecule has 2 aliphatic rings. The molecule has 1 heteroatoms. The Hall–Kier alpha value is -5.40. The summed E-state index contributed by atoms with van der Waals surface area (Å²) in [6.45, 7) is 4.60. The van der Waals surface area contributed by atoms with E-state index in [2.05, 4.69) is 172 Å². The first kappa shape index (κ1) is 26.0. The van der Waals surface area contributed by atoms with Crippen LogP contribution in [0.4, 0.5) is 0 Å². The molecule has 214 valence electrons. The van der Waals surface area contributed by atoms with Gasteiger partial charge in [-0.15, -0.1) is 0 Å². The monoisotopic (exact) mass is 576 g/mol. The lowest BCUT2D eigenvalue weighted by atomic mass is 9.66. The fraction of sp³-hybridized carbons (Fsp3) is 0.0909. The van der Waals surface area contributed by atoms with E-state index in [-0.39, 0.29) is 5.41 Å². The molecule has 0 saturated carbocycles. The zero-order valence-electron chi connectivity index (χ0n) is 25.4. The lowest BCUT2D eigenvalue weighted by molar-refractivity contribution is 0.419. The number of ether oxygens (including phenoxy) is 1. The Morgan fingerprint density at radius 1 is 0.467 bits per heavy atom. The van der Waals surface area contributed by atoms with Crippen molar-refractivity contribution in [2.24, 2.45) is 0 Å². The highest BCUT2D eigenvalue weighted by atomic mass is 16.5. The summed E-state index contributed by atoms with van der Waals surface area (Å²) in [4.78, 5) is 0. The predicted molar refractivity (Wildman–Crippen MR) is 185 cm³/mol. The maximum atomic E-state index is 6.74. The van der Waals surface area contributed by atoms with Crippen molar-refractivity contribution in [3.05, 3.63) is 191 Å². The van der Waals surface area contributed by atoms with E-state index in [1.54, 1.807) is 0 Å². The molecule has 0 fully saturated rings. The molecule has 0 aromatic heterocycles. The van der Waals surface area contributed by atoms with Gasteiger partial charge < -0.3 is 4.74 Å². The first-order chi connectivity index (χ1) is 22.1. The van der Waals surface area contributed by atoms with Gasteiger partial charge in [-0.3, -0.25) is 0 Å².